The Kier molecular flexibility index (Phi) is 3.74. The Labute approximate surface area is 117 Å². The zero-order valence-electron chi connectivity index (χ0n) is 12.1. The first kappa shape index (κ1) is 14.1. The van der Waals surface area contributed by atoms with Crippen LogP contribution >= 0.6 is 0 Å². The van der Waals surface area contributed by atoms with Crippen molar-refractivity contribution in [1.29, 1.82) is 0 Å². The second-order valence-corrected chi connectivity index (χ2v) is 5.11. The molecule has 1 amide bonds. The van der Waals surface area contributed by atoms with E-state index in [1.54, 1.807) is 19.1 Å². The molecule has 1 heterocycles. The van der Waals surface area contributed by atoms with Crippen LogP contribution in [-0.2, 0) is 0 Å². The first-order valence-electron chi connectivity index (χ1n) is 6.47. The number of rotatable bonds is 2. The average Bonchev–Trinajstić information content (AvgIpc) is 2.33. The Hall–Kier alpha value is -2.36. The van der Waals surface area contributed by atoms with Crippen LogP contribution < -0.4 is 10.9 Å². The number of nitrogens with one attached hydrogen (secondary N) is 2. The van der Waals surface area contributed by atoms with Gasteiger partial charge in [-0.25, -0.2) is 0 Å². The van der Waals surface area contributed by atoms with Gasteiger partial charge >= 0.3 is 0 Å². The van der Waals surface area contributed by atoms with E-state index in [1.807, 2.05) is 32.9 Å². The molecule has 2 rings (SSSR count). The van der Waals surface area contributed by atoms with Crippen LogP contribution in [0.1, 0.15) is 32.7 Å². The molecular formula is C16H18N2O2. The third-order valence-corrected chi connectivity index (χ3v) is 3.22. The Morgan fingerprint density at radius 1 is 1.05 bits per heavy atom. The van der Waals surface area contributed by atoms with E-state index in [0.717, 1.165) is 28.1 Å². The van der Waals surface area contributed by atoms with Gasteiger partial charge < -0.3 is 10.3 Å². The normalized spacial score (nSPS) is 10.4. The summed E-state index contributed by atoms with van der Waals surface area (Å²) in [4.78, 5) is 26.6. The van der Waals surface area contributed by atoms with Crippen molar-refractivity contribution < 1.29 is 4.79 Å². The van der Waals surface area contributed by atoms with Gasteiger partial charge in [0.25, 0.3) is 11.5 Å². The molecule has 0 fully saturated rings. The first-order valence-corrected chi connectivity index (χ1v) is 6.47. The first-order chi connectivity index (χ1) is 9.38. The van der Waals surface area contributed by atoms with Crippen LogP contribution in [0, 0.1) is 27.7 Å². The van der Waals surface area contributed by atoms with Crippen LogP contribution in [-0.4, -0.2) is 10.9 Å². The minimum atomic E-state index is -0.388. The van der Waals surface area contributed by atoms with Crippen LogP contribution in [0.2, 0.25) is 0 Å². The number of carbonyl (C=O) groups is 1. The lowest BCUT2D eigenvalue weighted by Crippen LogP contribution is -2.24. The molecule has 20 heavy (non-hydrogen) atoms. The Bertz CT molecular complexity index is 706. The number of benzene rings is 1. The minimum absolute atomic E-state index is 0.120. The van der Waals surface area contributed by atoms with Crippen molar-refractivity contribution in [3.8, 4) is 0 Å². The van der Waals surface area contributed by atoms with Gasteiger partial charge in [-0.2, -0.15) is 0 Å². The van der Waals surface area contributed by atoms with Crippen LogP contribution in [0.15, 0.2) is 29.1 Å². The fraction of sp³-hybridized carbons (Fsp3) is 0.250. The molecule has 0 saturated carbocycles. The number of aryl methyl sites for hydroxylation is 4. The third-order valence-electron chi connectivity index (χ3n) is 3.22. The van der Waals surface area contributed by atoms with E-state index in [-0.39, 0.29) is 17.0 Å². The van der Waals surface area contributed by atoms with Crippen molar-refractivity contribution in [2.45, 2.75) is 27.7 Å². The third kappa shape index (κ3) is 2.79. The zero-order chi connectivity index (χ0) is 14.9. The number of hydrogen-bond donors (Lipinski definition) is 2. The average molecular weight is 270 g/mol. The van der Waals surface area contributed by atoms with E-state index in [2.05, 4.69) is 10.3 Å². The largest absolute Gasteiger partial charge is 0.326 e. The van der Waals surface area contributed by atoms with Crippen molar-refractivity contribution in [1.82, 2.24) is 4.98 Å². The molecule has 0 radical (unpaired) electrons. The molecule has 4 heteroatoms. The van der Waals surface area contributed by atoms with E-state index in [9.17, 15) is 9.59 Å². The molecular weight excluding hydrogens is 252 g/mol. The molecule has 0 bridgehead atoms. The lowest BCUT2D eigenvalue weighted by atomic mass is 10.0. The van der Waals surface area contributed by atoms with Crippen molar-refractivity contribution >= 4 is 11.6 Å². The van der Waals surface area contributed by atoms with Gasteiger partial charge in [-0.15, -0.1) is 0 Å². The van der Waals surface area contributed by atoms with Gasteiger partial charge in [0.15, 0.2) is 0 Å². The van der Waals surface area contributed by atoms with Gasteiger partial charge in [0, 0.05) is 11.4 Å². The number of pyridine rings is 1. The summed E-state index contributed by atoms with van der Waals surface area (Å²) in [5.74, 6) is -0.388. The van der Waals surface area contributed by atoms with E-state index in [0.29, 0.717) is 0 Å². The highest BCUT2D eigenvalue weighted by Gasteiger charge is 2.13. The van der Waals surface area contributed by atoms with E-state index in [1.165, 1.54) is 0 Å². The van der Waals surface area contributed by atoms with Crippen LogP contribution in [0.3, 0.4) is 0 Å². The van der Waals surface area contributed by atoms with Crippen molar-refractivity contribution in [2.75, 3.05) is 5.32 Å². The molecule has 2 N–H and O–H groups in total. The predicted molar refractivity (Wildman–Crippen MR) is 80.4 cm³/mol. The van der Waals surface area contributed by atoms with Crippen LogP contribution in [0.4, 0.5) is 5.69 Å². The number of anilines is 1. The summed E-state index contributed by atoms with van der Waals surface area (Å²) in [6.07, 6.45) is 0. The van der Waals surface area contributed by atoms with Gasteiger partial charge in [-0.1, -0.05) is 17.7 Å². The van der Waals surface area contributed by atoms with Crippen molar-refractivity contribution in [2.24, 2.45) is 0 Å². The van der Waals surface area contributed by atoms with Crippen molar-refractivity contribution in [3.05, 3.63) is 62.6 Å². The highest BCUT2D eigenvalue weighted by molar-refractivity contribution is 6.04. The SMILES string of the molecule is Cc1cc(C)c(NC(=O)c2ccc(C)[nH]c2=O)c(C)c1. The molecule has 0 aliphatic carbocycles. The lowest BCUT2D eigenvalue weighted by molar-refractivity contribution is 0.102. The number of hydrogen-bond acceptors (Lipinski definition) is 2. The molecule has 0 aliphatic rings. The summed E-state index contributed by atoms with van der Waals surface area (Å²) in [7, 11) is 0. The molecule has 2 aromatic rings. The Morgan fingerprint density at radius 2 is 1.65 bits per heavy atom. The smallest absolute Gasteiger partial charge is 0.261 e. The summed E-state index contributed by atoms with van der Waals surface area (Å²) in [6, 6.07) is 7.26. The summed E-state index contributed by atoms with van der Waals surface area (Å²) < 4.78 is 0. The number of aromatic amines is 1. The molecule has 0 aliphatic heterocycles. The molecule has 4 nitrogen and oxygen atoms in total. The molecule has 104 valence electrons. The quantitative estimate of drug-likeness (QED) is 0.881. The van der Waals surface area contributed by atoms with Gasteiger partial charge in [0.05, 0.1) is 0 Å². The van der Waals surface area contributed by atoms with Gasteiger partial charge in [-0.3, -0.25) is 9.59 Å². The molecule has 1 aromatic carbocycles. The summed E-state index contributed by atoms with van der Waals surface area (Å²) in [5, 5.41) is 2.82. The number of aromatic nitrogens is 1. The van der Waals surface area contributed by atoms with Gasteiger partial charge in [0.2, 0.25) is 0 Å². The maximum Gasteiger partial charge on any atom is 0.261 e. The fourth-order valence-electron chi connectivity index (χ4n) is 2.31. The zero-order valence-corrected chi connectivity index (χ0v) is 12.1. The summed E-state index contributed by atoms with van der Waals surface area (Å²) >= 11 is 0. The minimum Gasteiger partial charge on any atom is -0.326 e. The number of carbonyl (C=O) groups excluding carboxylic acids is 1. The fourth-order valence-corrected chi connectivity index (χ4v) is 2.31. The van der Waals surface area contributed by atoms with Crippen molar-refractivity contribution in [3.63, 3.8) is 0 Å². The summed E-state index contributed by atoms with van der Waals surface area (Å²) in [6.45, 7) is 7.66. The second kappa shape index (κ2) is 5.33. The molecule has 0 spiro atoms. The molecule has 0 atom stereocenters. The standard InChI is InChI=1S/C16H18N2O2/c1-9-7-10(2)14(11(3)8-9)18-16(20)13-6-5-12(4)17-15(13)19/h5-8H,1-4H3,(H,17,19)(H,18,20). The van der Waals surface area contributed by atoms with Gasteiger partial charge in [-0.05, 0) is 51.0 Å². The Balaban J connectivity index is 2.35. The van der Waals surface area contributed by atoms with E-state index < -0.39 is 0 Å². The molecule has 0 unspecified atom stereocenters. The molecule has 1 aromatic heterocycles. The highest BCUT2D eigenvalue weighted by Crippen LogP contribution is 2.22. The lowest BCUT2D eigenvalue weighted by Gasteiger charge is -2.12. The highest BCUT2D eigenvalue weighted by atomic mass is 16.2. The van der Waals surface area contributed by atoms with Gasteiger partial charge in [0.1, 0.15) is 5.56 Å². The summed E-state index contributed by atoms with van der Waals surface area (Å²) in [5.41, 5.74) is 4.36. The number of H-pyrrole nitrogens is 1. The van der Waals surface area contributed by atoms with E-state index >= 15 is 0 Å². The van der Waals surface area contributed by atoms with Crippen LogP contribution in [0.25, 0.3) is 0 Å². The Morgan fingerprint density at radius 3 is 2.20 bits per heavy atom. The maximum absolute atomic E-state index is 12.2. The monoisotopic (exact) mass is 270 g/mol. The molecule has 0 saturated heterocycles. The van der Waals surface area contributed by atoms with Crippen LogP contribution in [0.5, 0.6) is 0 Å². The topological polar surface area (TPSA) is 62.0 Å². The number of amides is 1. The maximum atomic E-state index is 12.2. The predicted octanol–water partition coefficient (Wildman–Crippen LogP) is 2.86. The second-order valence-electron chi connectivity index (χ2n) is 5.11. The van der Waals surface area contributed by atoms with E-state index in [4.69, 9.17) is 0 Å².